The van der Waals surface area contributed by atoms with Crippen LogP contribution in [0.1, 0.15) is 18.9 Å². The third-order valence-corrected chi connectivity index (χ3v) is 5.03. The highest BCUT2D eigenvalue weighted by atomic mass is 19.4. The summed E-state index contributed by atoms with van der Waals surface area (Å²) in [5.41, 5.74) is 2.37. The Hall–Kier alpha value is -2.71. The molecule has 0 saturated heterocycles. The van der Waals surface area contributed by atoms with Gasteiger partial charge in [-0.1, -0.05) is 18.2 Å². The lowest BCUT2D eigenvalue weighted by Crippen LogP contribution is -2.31. The van der Waals surface area contributed by atoms with Crippen LogP contribution in [0.5, 0.6) is 11.5 Å². The molecular formula is C24H29F3N2O3. The van der Waals surface area contributed by atoms with Gasteiger partial charge in [-0.3, -0.25) is 0 Å². The molecule has 8 heteroatoms. The maximum atomic E-state index is 12.4. The second-order valence-corrected chi connectivity index (χ2v) is 7.74. The van der Waals surface area contributed by atoms with Crippen LogP contribution in [0, 0.1) is 0 Å². The van der Waals surface area contributed by atoms with Crippen LogP contribution in [0.3, 0.4) is 0 Å². The molecule has 3 rings (SSSR count). The lowest BCUT2D eigenvalue weighted by Gasteiger charge is -2.16. The van der Waals surface area contributed by atoms with Gasteiger partial charge in [-0.15, -0.1) is 0 Å². The maximum absolute atomic E-state index is 12.4. The van der Waals surface area contributed by atoms with E-state index >= 15 is 0 Å². The lowest BCUT2D eigenvalue weighted by atomic mass is 10.1. The zero-order valence-electron chi connectivity index (χ0n) is 18.1. The molecule has 0 fully saturated rings. The number of nitrogens with one attached hydrogen (secondary N) is 1. The normalized spacial score (nSPS) is 12.8. The van der Waals surface area contributed by atoms with Gasteiger partial charge in [0.05, 0.1) is 0 Å². The molecule has 0 saturated carbocycles. The van der Waals surface area contributed by atoms with Gasteiger partial charge >= 0.3 is 6.18 Å². The number of alkyl halides is 3. The Morgan fingerprint density at radius 2 is 1.81 bits per heavy atom. The molecule has 0 aliphatic rings. The fourth-order valence-electron chi connectivity index (χ4n) is 3.55. The smallest absolute Gasteiger partial charge is 0.422 e. The minimum absolute atomic E-state index is 0.0806. The first-order chi connectivity index (χ1) is 15.4. The third-order valence-electron chi connectivity index (χ3n) is 5.03. The van der Waals surface area contributed by atoms with Gasteiger partial charge in [0.2, 0.25) is 0 Å². The molecule has 2 N–H and O–H groups in total. The Bertz CT molecular complexity index is 988. The van der Waals surface area contributed by atoms with E-state index in [1.165, 1.54) is 17.0 Å². The van der Waals surface area contributed by atoms with Crippen molar-refractivity contribution >= 4 is 10.9 Å². The van der Waals surface area contributed by atoms with Crippen LogP contribution in [0.25, 0.3) is 10.9 Å². The molecule has 0 unspecified atom stereocenters. The number of aliphatic hydroxyl groups excluding tert-OH is 1. The summed E-state index contributed by atoms with van der Waals surface area (Å²) in [5.74, 6) is 0.375. The highest BCUT2D eigenvalue weighted by molar-refractivity contribution is 5.80. The van der Waals surface area contributed by atoms with Gasteiger partial charge in [0, 0.05) is 37.5 Å². The Labute approximate surface area is 185 Å². The van der Waals surface area contributed by atoms with E-state index in [1.54, 1.807) is 18.2 Å². The van der Waals surface area contributed by atoms with E-state index in [0.717, 1.165) is 24.9 Å². The van der Waals surface area contributed by atoms with Gasteiger partial charge in [0.25, 0.3) is 0 Å². The van der Waals surface area contributed by atoms with E-state index in [0.29, 0.717) is 18.9 Å². The Morgan fingerprint density at radius 1 is 1.06 bits per heavy atom. The number of aromatic nitrogens is 1. The van der Waals surface area contributed by atoms with E-state index < -0.39 is 12.8 Å². The van der Waals surface area contributed by atoms with Crippen molar-refractivity contribution in [2.24, 2.45) is 0 Å². The number of rotatable bonds is 12. The van der Waals surface area contributed by atoms with Gasteiger partial charge in [-0.2, -0.15) is 13.2 Å². The largest absolute Gasteiger partial charge is 0.488 e. The average Bonchev–Trinajstić information content (AvgIpc) is 3.16. The minimum Gasteiger partial charge on any atom is -0.488 e. The summed E-state index contributed by atoms with van der Waals surface area (Å²) in [6.45, 7) is 2.56. The van der Waals surface area contributed by atoms with Crippen LogP contribution in [-0.4, -0.2) is 48.3 Å². The molecule has 2 aromatic carbocycles. The molecular weight excluding hydrogens is 421 g/mol. The zero-order valence-corrected chi connectivity index (χ0v) is 18.1. The number of aryl methyl sites for hydroxylation is 1. The summed E-state index contributed by atoms with van der Waals surface area (Å²) in [5, 5.41) is 13.6. The van der Waals surface area contributed by atoms with Gasteiger partial charge in [0.15, 0.2) is 18.1 Å². The third kappa shape index (κ3) is 7.17. The fraction of sp³-hybridized carbons (Fsp3) is 0.417. The number of nitrogens with zero attached hydrogens (tertiary/aromatic N) is 1. The molecule has 0 aliphatic heterocycles. The number of halogens is 3. The molecule has 1 heterocycles. The van der Waals surface area contributed by atoms with E-state index in [4.69, 9.17) is 14.6 Å². The van der Waals surface area contributed by atoms with Crippen molar-refractivity contribution in [2.45, 2.75) is 38.5 Å². The van der Waals surface area contributed by atoms with Gasteiger partial charge in [-0.05, 0) is 61.0 Å². The number of hydrogen-bond acceptors (Lipinski definition) is 4. The topological polar surface area (TPSA) is 55.7 Å². The fourth-order valence-corrected chi connectivity index (χ4v) is 3.55. The second kappa shape index (κ2) is 11.2. The van der Waals surface area contributed by atoms with Crippen LogP contribution in [0.2, 0.25) is 0 Å². The van der Waals surface area contributed by atoms with Gasteiger partial charge in [-0.25, -0.2) is 0 Å². The molecule has 0 aliphatic carbocycles. The highest BCUT2D eigenvalue weighted by Gasteiger charge is 2.28. The summed E-state index contributed by atoms with van der Waals surface area (Å²) in [6, 6.07) is 15.0. The first-order valence-corrected chi connectivity index (χ1v) is 10.7. The molecule has 5 nitrogen and oxygen atoms in total. The number of ether oxygens (including phenoxy) is 2. The van der Waals surface area contributed by atoms with Crippen molar-refractivity contribution < 1.29 is 27.8 Å². The zero-order chi connectivity index (χ0) is 23.0. The van der Waals surface area contributed by atoms with E-state index in [-0.39, 0.29) is 18.4 Å². The van der Waals surface area contributed by atoms with Crippen LogP contribution < -0.4 is 14.8 Å². The predicted octanol–water partition coefficient (Wildman–Crippen LogP) is 4.56. The lowest BCUT2D eigenvalue weighted by molar-refractivity contribution is -0.153. The maximum Gasteiger partial charge on any atom is 0.422 e. The number of fused-ring (bicyclic) bond motifs is 1. The van der Waals surface area contributed by atoms with E-state index in [1.807, 2.05) is 6.20 Å². The molecule has 174 valence electrons. The van der Waals surface area contributed by atoms with Crippen LogP contribution in [0.15, 0.2) is 54.7 Å². The summed E-state index contributed by atoms with van der Waals surface area (Å²) < 4.78 is 49.8. The summed E-state index contributed by atoms with van der Waals surface area (Å²) in [4.78, 5) is 0. The van der Waals surface area contributed by atoms with Crippen molar-refractivity contribution in [1.29, 1.82) is 0 Å². The molecule has 3 aromatic rings. The number of para-hydroxylation sites is 2. The summed E-state index contributed by atoms with van der Waals surface area (Å²) >= 11 is 0. The standard InChI is InChI=1S/C24H29F3N2O3/c1-18(15-19-7-8-21-20(16-19)9-12-29(21)11-4-13-30)28-10-14-31-22-5-2-3-6-23(22)32-17-24(25,26)27/h2-3,5-9,12,16,18,28,30H,4,10-11,13-15,17H2,1H3/t18-/m1/s1. The van der Waals surface area contributed by atoms with E-state index in [9.17, 15) is 13.2 Å². The Morgan fingerprint density at radius 3 is 2.53 bits per heavy atom. The number of benzene rings is 2. The van der Waals surface area contributed by atoms with Crippen molar-refractivity contribution in [2.75, 3.05) is 26.4 Å². The quantitative estimate of drug-likeness (QED) is 0.397. The molecule has 0 amide bonds. The Balaban J connectivity index is 1.45. The minimum atomic E-state index is -4.39. The molecule has 32 heavy (non-hydrogen) atoms. The van der Waals surface area contributed by atoms with Crippen LogP contribution in [-0.2, 0) is 13.0 Å². The average molecular weight is 451 g/mol. The first kappa shape index (κ1) is 23.9. The second-order valence-electron chi connectivity index (χ2n) is 7.74. The monoisotopic (exact) mass is 450 g/mol. The van der Waals surface area contributed by atoms with Crippen LogP contribution >= 0.6 is 0 Å². The SMILES string of the molecule is C[C@H](Cc1ccc2c(ccn2CCCO)c1)NCCOc1ccccc1OCC(F)(F)F. The van der Waals surface area contributed by atoms with Gasteiger partial charge in [0.1, 0.15) is 6.61 Å². The van der Waals surface area contributed by atoms with Crippen molar-refractivity contribution in [3.8, 4) is 11.5 Å². The van der Waals surface area contributed by atoms with Crippen LogP contribution in [0.4, 0.5) is 13.2 Å². The molecule has 0 spiro atoms. The van der Waals surface area contributed by atoms with Gasteiger partial charge < -0.3 is 24.5 Å². The van der Waals surface area contributed by atoms with E-state index in [2.05, 4.69) is 41.1 Å². The molecule has 1 aromatic heterocycles. The van der Waals surface area contributed by atoms with Crippen molar-refractivity contribution in [3.63, 3.8) is 0 Å². The molecule has 1 atom stereocenters. The first-order valence-electron chi connectivity index (χ1n) is 10.7. The van der Waals surface area contributed by atoms with Crippen molar-refractivity contribution in [3.05, 3.63) is 60.3 Å². The number of hydrogen-bond donors (Lipinski definition) is 2. The molecule has 0 bridgehead atoms. The van der Waals surface area contributed by atoms with Crippen molar-refractivity contribution in [1.82, 2.24) is 9.88 Å². The Kier molecular flexibility index (Phi) is 8.41. The number of aliphatic hydroxyl groups is 1. The highest BCUT2D eigenvalue weighted by Crippen LogP contribution is 2.28. The summed E-state index contributed by atoms with van der Waals surface area (Å²) in [7, 11) is 0. The summed E-state index contributed by atoms with van der Waals surface area (Å²) in [6.07, 6.45) is -0.787. The molecule has 0 radical (unpaired) electrons. The predicted molar refractivity (Wildman–Crippen MR) is 118 cm³/mol.